The summed E-state index contributed by atoms with van der Waals surface area (Å²) in [5.41, 5.74) is -0.103. The standard InChI is InChI=1S/C16H17N5O5/c1-18-14-13(15(22)19(2)16(18)23)20(10-17-14)8-3-9-26-12-6-4-11(5-7-12)21(24)25/h4-7,10H,3,8-9H2,1-2H3. The molecular formula is C16H17N5O5. The van der Waals surface area contributed by atoms with Gasteiger partial charge in [-0.1, -0.05) is 0 Å². The molecule has 3 aromatic rings. The van der Waals surface area contributed by atoms with Crippen molar-refractivity contribution in [2.45, 2.75) is 13.0 Å². The topological polar surface area (TPSA) is 114 Å². The Kier molecular flexibility index (Phi) is 4.57. The molecule has 0 bridgehead atoms. The second-order valence-corrected chi connectivity index (χ2v) is 5.77. The first-order valence-corrected chi connectivity index (χ1v) is 7.88. The highest BCUT2D eigenvalue weighted by Gasteiger charge is 2.14. The lowest BCUT2D eigenvalue weighted by Gasteiger charge is -2.08. The van der Waals surface area contributed by atoms with Gasteiger partial charge in [-0.15, -0.1) is 0 Å². The molecule has 0 unspecified atom stereocenters. The molecule has 0 N–H and O–H groups in total. The number of hydrogen-bond acceptors (Lipinski definition) is 6. The van der Waals surface area contributed by atoms with Crippen LogP contribution in [0.15, 0.2) is 40.2 Å². The lowest BCUT2D eigenvalue weighted by Crippen LogP contribution is -2.37. The van der Waals surface area contributed by atoms with Crippen molar-refractivity contribution in [2.24, 2.45) is 14.1 Å². The number of benzene rings is 1. The molecule has 0 saturated heterocycles. The van der Waals surface area contributed by atoms with Gasteiger partial charge in [-0.2, -0.15) is 0 Å². The predicted molar refractivity (Wildman–Crippen MR) is 93.4 cm³/mol. The Balaban J connectivity index is 1.68. The number of hydrogen-bond donors (Lipinski definition) is 0. The number of imidazole rings is 1. The van der Waals surface area contributed by atoms with Gasteiger partial charge in [-0.25, -0.2) is 9.78 Å². The van der Waals surface area contributed by atoms with Gasteiger partial charge >= 0.3 is 5.69 Å². The highest BCUT2D eigenvalue weighted by Crippen LogP contribution is 2.17. The Hall–Kier alpha value is -3.43. The first-order valence-electron chi connectivity index (χ1n) is 7.88. The number of nitro groups is 1. The Morgan fingerprint density at radius 3 is 2.50 bits per heavy atom. The van der Waals surface area contributed by atoms with E-state index in [0.717, 1.165) is 4.57 Å². The van der Waals surface area contributed by atoms with Gasteiger partial charge in [0.15, 0.2) is 11.2 Å². The fourth-order valence-electron chi connectivity index (χ4n) is 2.66. The number of nitro benzene ring substituents is 1. The van der Waals surface area contributed by atoms with E-state index in [2.05, 4.69) is 4.98 Å². The minimum Gasteiger partial charge on any atom is -0.494 e. The van der Waals surface area contributed by atoms with Crippen molar-refractivity contribution in [1.82, 2.24) is 18.7 Å². The molecule has 0 fully saturated rings. The van der Waals surface area contributed by atoms with E-state index in [9.17, 15) is 19.7 Å². The summed E-state index contributed by atoms with van der Waals surface area (Å²) in [5, 5.41) is 10.6. The van der Waals surface area contributed by atoms with Gasteiger partial charge < -0.3 is 9.30 Å². The van der Waals surface area contributed by atoms with Gasteiger partial charge in [-0.3, -0.25) is 24.0 Å². The average molecular weight is 359 g/mol. The summed E-state index contributed by atoms with van der Waals surface area (Å²) in [5.74, 6) is 0.532. The van der Waals surface area contributed by atoms with Crippen molar-refractivity contribution in [3.63, 3.8) is 0 Å². The lowest BCUT2D eigenvalue weighted by molar-refractivity contribution is -0.384. The fourth-order valence-corrected chi connectivity index (χ4v) is 2.66. The number of rotatable bonds is 6. The number of nitrogens with zero attached hydrogens (tertiary/aromatic N) is 5. The molecule has 2 aromatic heterocycles. The van der Waals surface area contributed by atoms with Gasteiger partial charge in [0.05, 0.1) is 17.9 Å². The van der Waals surface area contributed by atoms with Crippen LogP contribution in [0.2, 0.25) is 0 Å². The van der Waals surface area contributed by atoms with Crippen molar-refractivity contribution >= 4 is 16.9 Å². The van der Waals surface area contributed by atoms with Crippen LogP contribution in [0.5, 0.6) is 5.75 Å². The largest absolute Gasteiger partial charge is 0.494 e. The van der Waals surface area contributed by atoms with E-state index >= 15 is 0 Å². The Labute approximate surface area is 147 Å². The van der Waals surface area contributed by atoms with E-state index in [1.165, 1.54) is 42.2 Å². The molecule has 10 heteroatoms. The van der Waals surface area contributed by atoms with E-state index in [1.54, 1.807) is 11.6 Å². The molecule has 0 atom stereocenters. The monoisotopic (exact) mass is 359 g/mol. The summed E-state index contributed by atoms with van der Waals surface area (Å²) in [6, 6.07) is 5.83. The van der Waals surface area contributed by atoms with Crippen LogP contribution in [-0.4, -0.2) is 30.2 Å². The van der Waals surface area contributed by atoms with Crippen LogP contribution >= 0.6 is 0 Å². The molecule has 0 aliphatic heterocycles. The predicted octanol–water partition coefficient (Wildman–Crippen LogP) is 0.811. The summed E-state index contributed by atoms with van der Waals surface area (Å²) in [6.07, 6.45) is 2.12. The Morgan fingerprint density at radius 1 is 1.15 bits per heavy atom. The average Bonchev–Trinajstić information content (AvgIpc) is 3.06. The molecule has 136 valence electrons. The maximum atomic E-state index is 12.3. The zero-order chi connectivity index (χ0) is 18.8. The second kappa shape index (κ2) is 6.82. The number of aryl methyl sites for hydroxylation is 2. The highest BCUT2D eigenvalue weighted by atomic mass is 16.6. The molecule has 3 rings (SSSR count). The maximum absolute atomic E-state index is 12.3. The third kappa shape index (κ3) is 3.08. The molecule has 1 aromatic carbocycles. The van der Waals surface area contributed by atoms with Crippen molar-refractivity contribution in [1.29, 1.82) is 0 Å². The van der Waals surface area contributed by atoms with E-state index < -0.39 is 16.2 Å². The third-order valence-electron chi connectivity index (χ3n) is 4.08. The number of ether oxygens (including phenoxy) is 1. The second-order valence-electron chi connectivity index (χ2n) is 5.77. The number of aromatic nitrogens is 4. The molecule has 0 saturated carbocycles. The first kappa shape index (κ1) is 17.4. The minimum atomic E-state index is -0.470. The lowest BCUT2D eigenvalue weighted by atomic mass is 10.3. The molecular weight excluding hydrogens is 342 g/mol. The van der Waals surface area contributed by atoms with Gasteiger partial charge in [0, 0.05) is 32.8 Å². The summed E-state index contributed by atoms with van der Waals surface area (Å²) in [7, 11) is 3.00. The van der Waals surface area contributed by atoms with Crippen LogP contribution in [0.4, 0.5) is 5.69 Å². The molecule has 2 heterocycles. The molecule has 26 heavy (non-hydrogen) atoms. The van der Waals surface area contributed by atoms with Crippen LogP contribution in [0.25, 0.3) is 11.2 Å². The van der Waals surface area contributed by atoms with E-state index in [4.69, 9.17) is 4.74 Å². The smallest absolute Gasteiger partial charge is 0.332 e. The molecule has 0 radical (unpaired) electrons. The minimum absolute atomic E-state index is 0.00342. The fraction of sp³-hybridized carbons (Fsp3) is 0.312. The quantitative estimate of drug-likeness (QED) is 0.365. The first-order chi connectivity index (χ1) is 12.4. The van der Waals surface area contributed by atoms with Crippen LogP contribution in [0.3, 0.4) is 0 Å². The van der Waals surface area contributed by atoms with Crippen LogP contribution in [0, 0.1) is 10.1 Å². The molecule has 0 amide bonds. The third-order valence-corrected chi connectivity index (χ3v) is 4.08. The van der Waals surface area contributed by atoms with Crippen LogP contribution < -0.4 is 16.0 Å². The van der Waals surface area contributed by atoms with Gasteiger partial charge in [0.2, 0.25) is 0 Å². The van der Waals surface area contributed by atoms with Gasteiger partial charge in [0.25, 0.3) is 11.2 Å². The summed E-state index contributed by atoms with van der Waals surface area (Å²) < 4.78 is 9.63. The number of non-ortho nitro benzene ring substituents is 1. The number of fused-ring (bicyclic) bond motifs is 1. The summed E-state index contributed by atoms with van der Waals surface area (Å²) >= 11 is 0. The van der Waals surface area contributed by atoms with Gasteiger partial charge in [-0.05, 0) is 18.6 Å². The summed E-state index contributed by atoms with van der Waals surface area (Å²) in [4.78, 5) is 38.5. The van der Waals surface area contributed by atoms with Crippen LogP contribution in [0.1, 0.15) is 6.42 Å². The normalized spacial score (nSPS) is 11.0. The molecule has 0 aliphatic carbocycles. The van der Waals surface area contributed by atoms with Gasteiger partial charge in [0.1, 0.15) is 5.75 Å². The Morgan fingerprint density at radius 2 is 1.85 bits per heavy atom. The molecule has 0 spiro atoms. The maximum Gasteiger partial charge on any atom is 0.332 e. The summed E-state index contributed by atoms with van der Waals surface area (Å²) in [6.45, 7) is 0.848. The zero-order valence-corrected chi connectivity index (χ0v) is 14.3. The zero-order valence-electron chi connectivity index (χ0n) is 14.3. The highest BCUT2D eigenvalue weighted by molar-refractivity contribution is 5.69. The van der Waals surface area contributed by atoms with Crippen LogP contribution in [-0.2, 0) is 20.6 Å². The molecule has 10 nitrogen and oxygen atoms in total. The Bertz CT molecular complexity index is 1080. The van der Waals surface area contributed by atoms with E-state index in [0.29, 0.717) is 36.5 Å². The van der Waals surface area contributed by atoms with Crippen molar-refractivity contribution in [2.75, 3.05) is 6.61 Å². The SMILES string of the molecule is Cn1c(=O)c2c(ncn2CCCOc2ccc([N+](=O)[O-])cc2)n(C)c1=O. The van der Waals surface area contributed by atoms with Crippen molar-refractivity contribution in [3.8, 4) is 5.75 Å². The van der Waals surface area contributed by atoms with E-state index in [-0.39, 0.29) is 5.69 Å². The molecule has 0 aliphatic rings. The van der Waals surface area contributed by atoms with E-state index in [1.807, 2.05) is 0 Å². The van der Waals surface area contributed by atoms with Crippen molar-refractivity contribution < 1.29 is 9.66 Å². The van der Waals surface area contributed by atoms with Crippen molar-refractivity contribution in [3.05, 3.63) is 61.5 Å².